The maximum Gasteiger partial charge on any atom is 0.207 e. The van der Waals surface area contributed by atoms with Crippen LogP contribution in [-0.4, -0.2) is 16.1 Å². The highest BCUT2D eigenvalue weighted by atomic mass is 32.1. The average molecular weight is 555 g/mol. The van der Waals surface area contributed by atoms with Crippen LogP contribution in [-0.2, 0) is 0 Å². The van der Waals surface area contributed by atoms with E-state index in [2.05, 4.69) is 111 Å². The fourth-order valence-corrected chi connectivity index (χ4v) is 9.28. The normalized spacial score (nSPS) is 11.4. The van der Waals surface area contributed by atoms with Gasteiger partial charge in [-0.3, -0.25) is 0 Å². The molecule has 2 aromatic heterocycles. The quantitative estimate of drug-likeness (QED) is 0.145. The summed E-state index contributed by atoms with van der Waals surface area (Å²) in [6, 6.07) is 17.1. The zero-order valence-electron chi connectivity index (χ0n) is 21.1. The van der Waals surface area contributed by atoms with E-state index in [1.54, 1.807) is 22.7 Å². The maximum absolute atomic E-state index is 4.05. The van der Waals surface area contributed by atoms with Gasteiger partial charge in [0, 0.05) is 30.9 Å². The van der Waals surface area contributed by atoms with Crippen LogP contribution < -0.4 is 0 Å². The Balaban J connectivity index is 2.04. The van der Waals surface area contributed by atoms with Crippen LogP contribution in [0.3, 0.4) is 0 Å². The molecule has 0 atom stereocenters. The first kappa shape index (κ1) is 25.7. The molecule has 0 nitrogen and oxygen atoms in total. The Hall–Kier alpha value is -3.91. The topological polar surface area (TPSA) is 0 Å². The second-order valence-electron chi connectivity index (χ2n) is 8.95. The highest BCUT2D eigenvalue weighted by molar-refractivity contribution is 7.28. The molecule has 38 heavy (non-hydrogen) atoms. The van der Waals surface area contributed by atoms with Gasteiger partial charge in [-0.1, -0.05) is 82.4 Å². The van der Waals surface area contributed by atoms with Crippen LogP contribution in [0.5, 0.6) is 0 Å². The van der Waals surface area contributed by atoms with Gasteiger partial charge in [0.05, 0.1) is 20.5 Å². The second-order valence-corrected chi connectivity index (χ2v) is 17.7. The SMILES string of the molecule is C=C[Si](C#Cc1c2sc3ccccc3c2c(C#C[Si](C=C)(C=C)C=C)c2sc3ccccc3c12)(C=C)C=C. The molecule has 0 unspecified atom stereocenters. The largest absolute Gasteiger partial charge is 0.207 e. The van der Waals surface area contributed by atoms with Crippen molar-refractivity contribution in [3.05, 3.63) is 133 Å². The van der Waals surface area contributed by atoms with Crippen LogP contribution in [0.25, 0.3) is 40.3 Å². The lowest BCUT2D eigenvalue weighted by Crippen LogP contribution is -2.24. The average Bonchev–Trinajstić information content (AvgIpc) is 3.55. The van der Waals surface area contributed by atoms with Gasteiger partial charge < -0.3 is 0 Å². The molecule has 0 saturated heterocycles. The summed E-state index contributed by atoms with van der Waals surface area (Å²) in [5, 5.41) is 4.71. The lowest BCUT2D eigenvalue weighted by molar-refractivity contribution is 1.84. The Morgan fingerprint density at radius 3 is 1.21 bits per heavy atom. The zero-order chi connectivity index (χ0) is 26.9. The van der Waals surface area contributed by atoms with Crippen molar-refractivity contribution in [1.82, 2.24) is 0 Å². The summed E-state index contributed by atoms with van der Waals surface area (Å²) in [5.74, 6) is 7.25. The van der Waals surface area contributed by atoms with E-state index in [-0.39, 0.29) is 0 Å². The molecule has 0 saturated carbocycles. The van der Waals surface area contributed by atoms with E-state index in [9.17, 15) is 0 Å². The number of fused-ring (bicyclic) bond motifs is 6. The maximum atomic E-state index is 4.05. The highest BCUT2D eigenvalue weighted by Gasteiger charge is 2.24. The molecule has 5 rings (SSSR count). The minimum atomic E-state index is -2.35. The summed E-state index contributed by atoms with van der Waals surface area (Å²) >= 11 is 3.55. The van der Waals surface area contributed by atoms with Crippen molar-refractivity contribution in [3.63, 3.8) is 0 Å². The summed E-state index contributed by atoms with van der Waals surface area (Å²) in [6.07, 6.45) is 0. The third-order valence-corrected chi connectivity index (χ3v) is 14.5. The van der Waals surface area contributed by atoms with Crippen molar-refractivity contribution in [1.29, 1.82) is 0 Å². The molecule has 0 radical (unpaired) electrons. The Morgan fingerprint density at radius 1 is 0.526 bits per heavy atom. The smallest absolute Gasteiger partial charge is 0.134 e. The number of hydrogen-bond donors (Lipinski definition) is 0. The lowest BCUT2D eigenvalue weighted by atomic mass is 9.98. The van der Waals surface area contributed by atoms with Crippen molar-refractivity contribution in [3.8, 4) is 22.9 Å². The Kier molecular flexibility index (Phi) is 6.84. The number of rotatable bonds is 6. The van der Waals surface area contributed by atoms with Crippen molar-refractivity contribution in [2.24, 2.45) is 0 Å². The molecular formula is C34H26S2Si2. The molecule has 0 N–H and O–H groups in total. The summed E-state index contributed by atoms with van der Waals surface area (Å²) in [7, 11) is -4.69. The molecule has 0 spiro atoms. The van der Waals surface area contributed by atoms with Crippen LogP contribution in [0.15, 0.2) is 122 Å². The third kappa shape index (κ3) is 4.00. The second kappa shape index (κ2) is 10.1. The Morgan fingerprint density at radius 2 is 0.868 bits per heavy atom. The molecule has 0 fully saturated rings. The van der Waals surface area contributed by atoms with Gasteiger partial charge in [0.25, 0.3) is 0 Å². The first-order valence-corrected chi connectivity index (χ1v) is 18.2. The minimum absolute atomic E-state index is 1.04. The van der Waals surface area contributed by atoms with Gasteiger partial charge in [0.2, 0.25) is 16.1 Å². The van der Waals surface area contributed by atoms with Crippen LogP contribution in [0, 0.1) is 22.9 Å². The molecular weight excluding hydrogens is 529 g/mol. The molecule has 0 bridgehead atoms. The monoisotopic (exact) mass is 554 g/mol. The Bertz CT molecular complexity index is 1770. The van der Waals surface area contributed by atoms with Crippen LogP contribution >= 0.6 is 22.7 Å². The first-order valence-electron chi connectivity index (χ1n) is 12.2. The summed E-state index contributed by atoms with van der Waals surface area (Å²) in [6.45, 7) is 24.3. The molecule has 182 valence electrons. The zero-order valence-corrected chi connectivity index (χ0v) is 24.8. The fourth-order valence-electron chi connectivity index (χ4n) is 4.55. The van der Waals surface area contributed by atoms with E-state index in [0.29, 0.717) is 0 Å². The van der Waals surface area contributed by atoms with E-state index in [0.717, 1.165) is 31.3 Å². The highest BCUT2D eigenvalue weighted by Crippen LogP contribution is 2.47. The number of hydrogen-bond acceptors (Lipinski definition) is 2. The fraction of sp³-hybridized carbons (Fsp3) is 0. The van der Waals surface area contributed by atoms with Crippen molar-refractivity contribution in [2.75, 3.05) is 0 Å². The van der Waals surface area contributed by atoms with Gasteiger partial charge in [0.15, 0.2) is 0 Å². The molecule has 5 aromatic rings. The van der Waals surface area contributed by atoms with Gasteiger partial charge in [-0.05, 0) is 12.1 Å². The molecule has 0 aliphatic heterocycles. The van der Waals surface area contributed by atoms with E-state index < -0.39 is 16.1 Å². The summed E-state index contributed by atoms with van der Waals surface area (Å²) in [5.41, 5.74) is 20.8. The van der Waals surface area contributed by atoms with Crippen molar-refractivity contribution >= 4 is 79.2 Å². The molecule has 0 amide bonds. The van der Waals surface area contributed by atoms with Gasteiger partial charge in [0.1, 0.15) is 0 Å². The van der Waals surface area contributed by atoms with Crippen molar-refractivity contribution < 1.29 is 0 Å². The Labute approximate surface area is 234 Å². The van der Waals surface area contributed by atoms with Crippen LogP contribution in [0.2, 0.25) is 0 Å². The van der Waals surface area contributed by atoms with E-state index in [1.165, 1.54) is 20.2 Å². The predicted octanol–water partition coefficient (Wildman–Crippen LogP) is 9.45. The molecule has 4 heteroatoms. The van der Waals surface area contributed by atoms with Gasteiger partial charge in [-0.25, -0.2) is 0 Å². The molecule has 2 heterocycles. The van der Waals surface area contributed by atoms with E-state index in [4.69, 9.17) is 0 Å². The van der Waals surface area contributed by atoms with Crippen LogP contribution in [0.4, 0.5) is 0 Å². The standard InChI is InChI=1S/C34H26S2Si2/c1-7-37(8-2,9-3)23-21-27-31-25-17-13-15-19-29(25)36-34(31)28(22-24-38(10-4,11-5)12-6)32-26-18-14-16-20-30(26)35-33(27)32/h7-20H,1-6H2. The number of thiophene rings is 2. The molecule has 0 aliphatic rings. The van der Waals surface area contributed by atoms with E-state index >= 15 is 0 Å². The van der Waals surface area contributed by atoms with Crippen LogP contribution in [0.1, 0.15) is 11.1 Å². The molecule has 3 aromatic carbocycles. The third-order valence-electron chi connectivity index (χ3n) is 6.98. The number of benzene rings is 3. The summed E-state index contributed by atoms with van der Waals surface area (Å²) < 4.78 is 4.74. The van der Waals surface area contributed by atoms with Gasteiger partial charge >= 0.3 is 0 Å². The predicted molar refractivity (Wildman–Crippen MR) is 179 cm³/mol. The van der Waals surface area contributed by atoms with Gasteiger partial charge in [-0.15, -0.1) is 73.2 Å². The van der Waals surface area contributed by atoms with E-state index in [1.807, 2.05) is 34.2 Å². The van der Waals surface area contributed by atoms with Crippen molar-refractivity contribution in [2.45, 2.75) is 0 Å². The lowest BCUT2D eigenvalue weighted by Gasteiger charge is -2.11. The minimum Gasteiger partial charge on any atom is -0.134 e. The first-order chi connectivity index (χ1) is 18.5. The van der Waals surface area contributed by atoms with Gasteiger partial charge in [-0.2, -0.15) is 0 Å². The molecule has 0 aliphatic carbocycles. The summed E-state index contributed by atoms with van der Waals surface area (Å²) in [4.78, 5) is 0.